The van der Waals surface area contributed by atoms with Crippen LogP contribution in [-0.4, -0.2) is 109 Å². The molecule has 8 rings (SSSR count). The molecule has 302 valence electrons. The molecule has 1 saturated carbocycles. The number of nitrogens with zero attached hydrogens (tertiary/aromatic N) is 1. The third-order valence-corrected chi connectivity index (χ3v) is 13.5. The number of thiophene rings is 2. The molecule has 6 amide bonds. The summed E-state index contributed by atoms with van der Waals surface area (Å²) in [6.45, 7) is 10.4. The Morgan fingerprint density at radius 2 is 1.38 bits per heavy atom. The van der Waals surface area contributed by atoms with Gasteiger partial charge in [-0.15, -0.1) is 22.7 Å². The van der Waals surface area contributed by atoms with Crippen molar-refractivity contribution < 1.29 is 33.5 Å². The monoisotopic (exact) mass is 824 g/mol. The number of fused-ring (bicyclic) bond motifs is 6. The van der Waals surface area contributed by atoms with Gasteiger partial charge in [-0.05, 0) is 74.7 Å². The molecule has 17 heteroatoms. The molecule has 0 spiro atoms. The predicted octanol–water partition coefficient (Wildman–Crippen LogP) is 3.35. The maximum atomic E-state index is 13.7. The highest BCUT2D eigenvalue weighted by atomic mass is 32.1. The number of hydrogen-bond donors (Lipinski definition) is 7. The Balaban J connectivity index is 0.955. The highest BCUT2D eigenvalue weighted by Crippen LogP contribution is 2.39. The minimum atomic E-state index is -0.557. The van der Waals surface area contributed by atoms with E-state index in [-0.39, 0.29) is 79.9 Å². The summed E-state index contributed by atoms with van der Waals surface area (Å²) in [5.41, 5.74) is 2.14. The van der Waals surface area contributed by atoms with E-state index in [2.05, 4.69) is 50.4 Å². The molecule has 4 aromatic rings. The van der Waals surface area contributed by atoms with E-state index in [9.17, 15) is 28.8 Å². The van der Waals surface area contributed by atoms with Gasteiger partial charge in [0, 0.05) is 69.1 Å². The lowest BCUT2D eigenvalue weighted by Gasteiger charge is -2.34. The van der Waals surface area contributed by atoms with Crippen LogP contribution in [0, 0.1) is 0 Å². The Morgan fingerprint density at radius 1 is 0.793 bits per heavy atom. The third kappa shape index (κ3) is 7.64. The van der Waals surface area contributed by atoms with Crippen LogP contribution in [0.3, 0.4) is 0 Å². The Morgan fingerprint density at radius 3 is 2.00 bits per heavy atom. The molecular formula is C41H44N8O7S2. The Kier molecular flexibility index (Phi) is 10.9. The highest BCUT2D eigenvalue weighted by molar-refractivity contribution is 7.22. The Hall–Kier alpha value is -5.78. The lowest BCUT2D eigenvalue weighted by molar-refractivity contribution is -0.129. The van der Waals surface area contributed by atoms with E-state index in [0.717, 1.165) is 39.4 Å². The largest absolute Gasteiger partial charge is 0.381 e. The number of benzene rings is 2. The summed E-state index contributed by atoms with van der Waals surface area (Å²) in [7, 11) is 0. The summed E-state index contributed by atoms with van der Waals surface area (Å²) in [5, 5.41) is 23.3. The standard InChI is InChI=1S/C41H44N8O7S2/c1-4-32(50)46-26-7-6-8-27(26)47-38(52)21-9-11-31-25(13-21)35-37(58-31)41(55)45-23(16-43-35)17-49(33(51)5-2)29-19-56-18-28(29)48-39(53)22-10-12-30-24(14-22)34-36(57-30)40(54)44-20(3)15-42-34/h4-5,9-14,20,23,26-29,42-43H,1-2,6-8,15-19H2,3H3,(H,44,54)(H,45,55)(H,46,50)(H,47,52)(H,48,53). The van der Waals surface area contributed by atoms with Gasteiger partial charge < -0.3 is 46.9 Å². The normalized spacial score (nSPS) is 23.8. The van der Waals surface area contributed by atoms with Crippen molar-refractivity contribution in [3.05, 3.63) is 82.6 Å². The van der Waals surface area contributed by atoms with E-state index < -0.39 is 18.1 Å². The number of ether oxygens (including phenoxy) is 1. The lowest BCUT2D eigenvalue weighted by Crippen LogP contribution is -2.57. The molecule has 4 aliphatic rings. The number of hydrogen-bond acceptors (Lipinski definition) is 11. The molecular weight excluding hydrogens is 781 g/mol. The van der Waals surface area contributed by atoms with Gasteiger partial charge in [-0.2, -0.15) is 0 Å². The fraction of sp³-hybridized carbons (Fsp3) is 0.366. The van der Waals surface area contributed by atoms with Crippen molar-refractivity contribution in [2.24, 2.45) is 0 Å². The first kappa shape index (κ1) is 39.1. The van der Waals surface area contributed by atoms with Gasteiger partial charge in [0.1, 0.15) is 9.75 Å². The molecule has 2 aromatic heterocycles. The van der Waals surface area contributed by atoms with Gasteiger partial charge in [-0.25, -0.2) is 0 Å². The predicted molar refractivity (Wildman–Crippen MR) is 224 cm³/mol. The summed E-state index contributed by atoms with van der Waals surface area (Å²) in [6, 6.07) is 8.56. The van der Waals surface area contributed by atoms with E-state index in [1.54, 1.807) is 29.2 Å². The number of amides is 6. The fourth-order valence-corrected chi connectivity index (χ4v) is 10.3. The summed E-state index contributed by atoms with van der Waals surface area (Å²) in [6.07, 6.45) is 4.80. The first-order valence-electron chi connectivity index (χ1n) is 19.3. The van der Waals surface area contributed by atoms with Crippen LogP contribution in [0.5, 0.6) is 0 Å². The summed E-state index contributed by atoms with van der Waals surface area (Å²) in [5.74, 6) is -1.74. The van der Waals surface area contributed by atoms with Crippen LogP contribution in [0.15, 0.2) is 61.7 Å². The number of anilines is 2. The minimum absolute atomic E-state index is 0.0475. The van der Waals surface area contributed by atoms with Crippen molar-refractivity contribution in [1.29, 1.82) is 0 Å². The molecule has 1 aliphatic carbocycles. The molecule has 7 N–H and O–H groups in total. The summed E-state index contributed by atoms with van der Waals surface area (Å²) >= 11 is 2.67. The smallest absolute Gasteiger partial charge is 0.263 e. The fourth-order valence-electron chi connectivity index (χ4n) is 8.16. The van der Waals surface area contributed by atoms with Gasteiger partial charge in [0.05, 0.1) is 42.7 Å². The molecule has 58 heavy (non-hydrogen) atoms. The molecule has 2 fully saturated rings. The van der Waals surface area contributed by atoms with Crippen molar-refractivity contribution in [1.82, 2.24) is 31.5 Å². The zero-order valence-corrected chi connectivity index (χ0v) is 33.4. The van der Waals surface area contributed by atoms with Gasteiger partial charge in [0.25, 0.3) is 23.6 Å². The van der Waals surface area contributed by atoms with Crippen LogP contribution in [0.2, 0.25) is 0 Å². The molecule has 5 heterocycles. The third-order valence-electron chi connectivity index (χ3n) is 11.1. The molecule has 6 atom stereocenters. The molecule has 0 radical (unpaired) electrons. The average Bonchev–Trinajstić information content (AvgIpc) is 3.99. The van der Waals surface area contributed by atoms with Crippen molar-refractivity contribution in [3.8, 4) is 0 Å². The van der Waals surface area contributed by atoms with Crippen molar-refractivity contribution >= 4 is 89.7 Å². The molecule has 15 nitrogen and oxygen atoms in total. The maximum Gasteiger partial charge on any atom is 0.263 e. The maximum absolute atomic E-state index is 13.7. The second kappa shape index (κ2) is 16.2. The average molecular weight is 825 g/mol. The van der Waals surface area contributed by atoms with Gasteiger partial charge in [-0.3, -0.25) is 28.8 Å². The van der Waals surface area contributed by atoms with Gasteiger partial charge in [0.2, 0.25) is 11.8 Å². The van der Waals surface area contributed by atoms with Gasteiger partial charge in [0.15, 0.2) is 0 Å². The highest BCUT2D eigenvalue weighted by Gasteiger charge is 2.39. The SMILES string of the molecule is C=CC(=O)NC1CCCC1NC(=O)c1ccc2sc3c(c2c1)NCC(CN(C(=O)C=C)C1COCC1NC(=O)c1ccc2sc4c(c2c1)NCC(C)NC4=O)NC3=O. The first-order chi connectivity index (χ1) is 28.0. The van der Waals surface area contributed by atoms with Gasteiger partial charge in [-0.1, -0.05) is 13.2 Å². The molecule has 1 saturated heterocycles. The van der Waals surface area contributed by atoms with Crippen molar-refractivity contribution in [2.75, 3.05) is 43.5 Å². The number of carbonyl (C=O) groups excluding carboxylic acids is 6. The van der Waals surface area contributed by atoms with Crippen LogP contribution in [0.1, 0.15) is 66.2 Å². The summed E-state index contributed by atoms with van der Waals surface area (Å²) in [4.78, 5) is 81.6. The number of carbonyl (C=O) groups is 6. The first-order valence-corrected chi connectivity index (χ1v) is 20.9. The van der Waals surface area contributed by atoms with Crippen molar-refractivity contribution in [2.45, 2.75) is 62.4 Å². The second-order valence-corrected chi connectivity index (χ2v) is 17.2. The van der Waals surface area contributed by atoms with E-state index >= 15 is 0 Å². The molecule has 2 aromatic carbocycles. The van der Waals surface area contributed by atoms with E-state index in [1.807, 2.05) is 19.1 Å². The van der Waals surface area contributed by atoms with Crippen LogP contribution in [0.4, 0.5) is 11.4 Å². The lowest BCUT2D eigenvalue weighted by atomic mass is 10.1. The van der Waals surface area contributed by atoms with E-state index in [0.29, 0.717) is 38.8 Å². The second-order valence-electron chi connectivity index (χ2n) is 15.1. The van der Waals surface area contributed by atoms with Crippen molar-refractivity contribution in [3.63, 3.8) is 0 Å². The van der Waals surface area contributed by atoms with Crippen LogP contribution >= 0.6 is 22.7 Å². The Bertz CT molecular complexity index is 2370. The zero-order chi connectivity index (χ0) is 40.7. The van der Waals surface area contributed by atoms with Gasteiger partial charge >= 0.3 is 0 Å². The molecule has 6 unspecified atom stereocenters. The quantitative estimate of drug-likeness (QED) is 0.117. The Labute approximate surface area is 342 Å². The minimum Gasteiger partial charge on any atom is -0.381 e. The number of nitrogens with one attached hydrogen (secondary N) is 7. The number of rotatable bonds is 10. The zero-order valence-electron chi connectivity index (χ0n) is 31.8. The van der Waals surface area contributed by atoms with Crippen LogP contribution < -0.4 is 37.2 Å². The van der Waals surface area contributed by atoms with Crippen LogP contribution in [-0.2, 0) is 14.3 Å². The molecule has 0 bridgehead atoms. The van der Waals surface area contributed by atoms with Crippen LogP contribution in [0.25, 0.3) is 20.2 Å². The summed E-state index contributed by atoms with van der Waals surface area (Å²) < 4.78 is 7.52. The van der Waals surface area contributed by atoms with E-state index in [4.69, 9.17) is 4.74 Å². The molecule has 3 aliphatic heterocycles. The topological polar surface area (TPSA) is 199 Å². The van der Waals surface area contributed by atoms with E-state index in [1.165, 1.54) is 34.8 Å².